The van der Waals surface area contributed by atoms with E-state index in [9.17, 15) is 19.2 Å². The molecule has 3 rings (SSSR count). The molecule has 1 fully saturated rings. The first kappa shape index (κ1) is 29.3. The van der Waals surface area contributed by atoms with Gasteiger partial charge in [-0.1, -0.05) is 32.4 Å². The monoisotopic (exact) mass is 548 g/mol. The van der Waals surface area contributed by atoms with Crippen molar-refractivity contribution in [1.82, 2.24) is 20.9 Å². The summed E-state index contributed by atoms with van der Waals surface area (Å²) in [4.78, 5) is 54.7. The number of hydrogen-bond acceptors (Lipinski definition) is 6. The highest BCUT2D eigenvalue weighted by Gasteiger charge is 2.41. The molecular weight excluding hydrogens is 512 g/mol. The summed E-state index contributed by atoms with van der Waals surface area (Å²) in [6.45, 7) is 9.62. The Labute approximate surface area is 227 Å². The van der Waals surface area contributed by atoms with Crippen LogP contribution in [0.25, 0.3) is 10.9 Å². The van der Waals surface area contributed by atoms with E-state index >= 15 is 0 Å². The van der Waals surface area contributed by atoms with Gasteiger partial charge >= 0.3 is 5.97 Å². The van der Waals surface area contributed by atoms with Crippen LogP contribution < -0.4 is 20.7 Å². The van der Waals surface area contributed by atoms with Gasteiger partial charge < -0.3 is 30.4 Å². The molecule has 38 heavy (non-hydrogen) atoms. The van der Waals surface area contributed by atoms with Crippen molar-refractivity contribution in [3.63, 3.8) is 0 Å². The van der Waals surface area contributed by atoms with Crippen molar-refractivity contribution in [3.8, 4) is 5.75 Å². The number of ether oxygens (including phenoxy) is 2. The standard InChI is InChI=1S/C27H37ClN4O6/c1-26(2,3)13-19(31-23(34)17-11-15-20(37-6)9-8-16(28)21(15)29-17)24(35)30-18(25(36)38-7)10-14-12-27(4,5)32-22(14)33/h8-9,11,14,18-19,29H,10,12-13H2,1-7H3,(H,30,35)(H,31,34)(H,32,33)/t14-,18?,19+/m1/s1. The highest BCUT2D eigenvalue weighted by molar-refractivity contribution is 6.35. The number of halogens is 1. The maximum Gasteiger partial charge on any atom is 0.328 e. The van der Waals surface area contributed by atoms with Gasteiger partial charge in [0, 0.05) is 16.8 Å². The van der Waals surface area contributed by atoms with Crippen molar-refractivity contribution in [2.24, 2.45) is 11.3 Å². The summed E-state index contributed by atoms with van der Waals surface area (Å²) in [5, 5.41) is 9.45. The van der Waals surface area contributed by atoms with E-state index < -0.39 is 41.3 Å². The molecule has 1 aromatic heterocycles. The van der Waals surface area contributed by atoms with E-state index in [4.69, 9.17) is 21.1 Å². The van der Waals surface area contributed by atoms with Crippen molar-refractivity contribution in [2.45, 2.75) is 71.5 Å². The van der Waals surface area contributed by atoms with Gasteiger partial charge in [-0.15, -0.1) is 0 Å². The molecule has 0 spiro atoms. The van der Waals surface area contributed by atoms with Crippen LogP contribution in [0, 0.1) is 11.3 Å². The van der Waals surface area contributed by atoms with Crippen LogP contribution in [0.2, 0.25) is 5.02 Å². The first-order valence-electron chi connectivity index (χ1n) is 12.5. The number of carbonyl (C=O) groups excluding carboxylic acids is 4. The molecule has 0 saturated carbocycles. The SMILES string of the molecule is COC(=O)C(C[C@@H]1CC(C)(C)NC1=O)NC(=O)[C@H](CC(C)(C)C)NC(=O)c1cc2c(OC)ccc(Cl)c2[nH]1. The molecule has 11 heteroatoms. The Balaban J connectivity index is 1.82. The van der Waals surface area contributed by atoms with E-state index in [2.05, 4.69) is 20.9 Å². The second-order valence-electron chi connectivity index (χ2n) is 11.6. The van der Waals surface area contributed by atoms with Crippen LogP contribution in [0.5, 0.6) is 5.75 Å². The number of nitrogens with one attached hydrogen (secondary N) is 4. The maximum absolute atomic E-state index is 13.4. The zero-order chi connectivity index (χ0) is 28.4. The lowest BCUT2D eigenvalue weighted by Crippen LogP contribution is -2.53. The van der Waals surface area contributed by atoms with E-state index in [0.29, 0.717) is 34.5 Å². The van der Waals surface area contributed by atoms with Gasteiger partial charge in [-0.25, -0.2) is 4.79 Å². The van der Waals surface area contributed by atoms with Crippen LogP contribution in [0.1, 0.15) is 64.4 Å². The summed E-state index contributed by atoms with van der Waals surface area (Å²) < 4.78 is 10.3. The lowest BCUT2D eigenvalue weighted by atomic mass is 9.87. The van der Waals surface area contributed by atoms with Crippen LogP contribution in [0.3, 0.4) is 0 Å². The number of rotatable bonds is 9. The largest absolute Gasteiger partial charge is 0.496 e. The normalized spacial score (nSPS) is 18.4. The van der Waals surface area contributed by atoms with E-state index in [0.717, 1.165) is 0 Å². The van der Waals surface area contributed by atoms with Crippen LogP contribution in [0.15, 0.2) is 18.2 Å². The molecule has 208 valence electrons. The average molecular weight is 549 g/mol. The molecule has 2 aromatic rings. The van der Waals surface area contributed by atoms with Gasteiger partial charge in [-0.3, -0.25) is 14.4 Å². The molecule has 1 aliphatic rings. The summed E-state index contributed by atoms with van der Waals surface area (Å²) in [6.07, 6.45) is 0.896. The fourth-order valence-corrected chi connectivity index (χ4v) is 5.03. The lowest BCUT2D eigenvalue weighted by molar-refractivity contribution is -0.146. The Kier molecular flexibility index (Phi) is 8.65. The Morgan fingerprint density at radius 3 is 2.39 bits per heavy atom. The Morgan fingerprint density at radius 2 is 1.84 bits per heavy atom. The summed E-state index contributed by atoms with van der Waals surface area (Å²) in [5.74, 6) is -1.82. The van der Waals surface area contributed by atoms with Gasteiger partial charge in [0.2, 0.25) is 11.8 Å². The van der Waals surface area contributed by atoms with Gasteiger partial charge in [-0.05, 0) is 56.7 Å². The summed E-state index contributed by atoms with van der Waals surface area (Å²) in [7, 11) is 2.75. The average Bonchev–Trinajstić information content (AvgIpc) is 3.38. The Hall–Kier alpha value is -3.27. The second-order valence-corrected chi connectivity index (χ2v) is 12.0. The quantitative estimate of drug-likeness (QED) is 0.355. The van der Waals surface area contributed by atoms with E-state index in [1.807, 2.05) is 34.6 Å². The minimum atomic E-state index is -1.05. The van der Waals surface area contributed by atoms with Crippen molar-refractivity contribution >= 4 is 46.2 Å². The van der Waals surface area contributed by atoms with Gasteiger partial charge in [0.1, 0.15) is 23.5 Å². The zero-order valence-electron chi connectivity index (χ0n) is 22.9. The van der Waals surface area contributed by atoms with Crippen molar-refractivity contribution in [3.05, 3.63) is 28.9 Å². The number of hydrogen-bond donors (Lipinski definition) is 4. The Bertz CT molecular complexity index is 1230. The summed E-state index contributed by atoms with van der Waals surface area (Å²) >= 11 is 6.29. The second kappa shape index (κ2) is 11.2. The summed E-state index contributed by atoms with van der Waals surface area (Å²) in [5.41, 5.74) is 0.00243. The number of benzene rings is 1. The van der Waals surface area contributed by atoms with Gasteiger partial charge in [-0.2, -0.15) is 0 Å². The van der Waals surface area contributed by atoms with Crippen molar-refractivity contribution in [2.75, 3.05) is 14.2 Å². The van der Waals surface area contributed by atoms with E-state index in [1.54, 1.807) is 18.2 Å². The topological polar surface area (TPSA) is 139 Å². The highest BCUT2D eigenvalue weighted by atomic mass is 35.5. The number of aromatic nitrogens is 1. The molecule has 0 radical (unpaired) electrons. The van der Waals surface area contributed by atoms with Crippen LogP contribution in [-0.2, 0) is 19.1 Å². The summed E-state index contributed by atoms with van der Waals surface area (Å²) in [6, 6.07) is 2.96. The molecule has 4 N–H and O–H groups in total. The van der Waals surface area contributed by atoms with E-state index in [1.165, 1.54) is 14.2 Å². The van der Waals surface area contributed by atoms with Crippen LogP contribution >= 0.6 is 11.6 Å². The number of fused-ring (bicyclic) bond motifs is 1. The molecule has 1 aromatic carbocycles. The van der Waals surface area contributed by atoms with Gasteiger partial charge in [0.25, 0.3) is 5.91 Å². The van der Waals surface area contributed by atoms with Gasteiger partial charge in [0.05, 0.1) is 24.8 Å². The number of carbonyl (C=O) groups is 4. The molecule has 2 heterocycles. The molecule has 10 nitrogen and oxygen atoms in total. The number of methoxy groups -OCH3 is 2. The minimum absolute atomic E-state index is 0.0875. The first-order valence-corrected chi connectivity index (χ1v) is 12.9. The molecule has 0 bridgehead atoms. The number of aromatic amines is 1. The molecule has 1 unspecified atom stereocenters. The van der Waals surface area contributed by atoms with E-state index in [-0.39, 0.29) is 23.4 Å². The third kappa shape index (κ3) is 6.98. The van der Waals surface area contributed by atoms with Crippen LogP contribution in [0.4, 0.5) is 0 Å². The Morgan fingerprint density at radius 1 is 1.16 bits per heavy atom. The molecule has 1 saturated heterocycles. The maximum atomic E-state index is 13.4. The van der Waals surface area contributed by atoms with Crippen LogP contribution in [-0.4, -0.2) is 60.5 Å². The van der Waals surface area contributed by atoms with Gasteiger partial charge in [0.15, 0.2) is 0 Å². The van der Waals surface area contributed by atoms with Crippen molar-refractivity contribution < 1.29 is 28.7 Å². The smallest absolute Gasteiger partial charge is 0.328 e. The fraction of sp³-hybridized carbons (Fsp3) is 0.556. The molecular formula is C27H37ClN4O6. The lowest BCUT2D eigenvalue weighted by Gasteiger charge is -2.28. The van der Waals surface area contributed by atoms with Crippen molar-refractivity contribution in [1.29, 1.82) is 0 Å². The molecule has 3 atom stereocenters. The third-order valence-electron chi connectivity index (χ3n) is 6.52. The first-order chi connectivity index (χ1) is 17.6. The molecule has 0 aliphatic carbocycles. The molecule has 1 aliphatic heterocycles. The predicted octanol–water partition coefficient (Wildman–Crippen LogP) is 3.33. The predicted molar refractivity (Wildman–Crippen MR) is 144 cm³/mol. The zero-order valence-corrected chi connectivity index (χ0v) is 23.7. The minimum Gasteiger partial charge on any atom is -0.496 e. The third-order valence-corrected chi connectivity index (χ3v) is 6.83. The number of amides is 3. The fourth-order valence-electron chi connectivity index (χ4n) is 4.82. The molecule has 3 amide bonds. The number of esters is 1. The highest BCUT2D eigenvalue weighted by Crippen LogP contribution is 2.32. The number of H-pyrrole nitrogens is 1.